The average Bonchev–Trinajstić information content (AvgIpc) is 2.53. The van der Waals surface area contributed by atoms with E-state index in [9.17, 15) is 9.59 Å². The summed E-state index contributed by atoms with van der Waals surface area (Å²) in [4.78, 5) is 22.4. The smallest absolute Gasteiger partial charge is 0.309 e. The Morgan fingerprint density at radius 1 is 1.53 bits per heavy atom. The Kier molecular flexibility index (Phi) is 5.62. The van der Waals surface area contributed by atoms with Crippen LogP contribution in [0.4, 0.5) is 0 Å². The van der Waals surface area contributed by atoms with Crippen molar-refractivity contribution in [1.82, 2.24) is 0 Å². The molecule has 0 aromatic heterocycles. The molecule has 0 bridgehead atoms. The Labute approximate surface area is 103 Å². The van der Waals surface area contributed by atoms with E-state index in [1.165, 1.54) is 6.92 Å². The van der Waals surface area contributed by atoms with Crippen LogP contribution in [0.2, 0.25) is 0 Å². The van der Waals surface area contributed by atoms with E-state index in [2.05, 4.69) is 13.8 Å². The zero-order chi connectivity index (χ0) is 12.8. The van der Waals surface area contributed by atoms with Crippen LogP contribution in [-0.4, -0.2) is 31.1 Å². The molecule has 1 saturated heterocycles. The molecule has 0 saturated carbocycles. The van der Waals surface area contributed by atoms with Crippen LogP contribution in [0, 0.1) is 11.8 Å². The van der Waals surface area contributed by atoms with Gasteiger partial charge in [-0.2, -0.15) is 0 Å². The average molecular weight is 242 g/mol. The van der Waals surface area contributed by atoms with Crippen molar-refractivity contribution in [3.05, 3.63) is 0 Å². The Hall–Kier alpha value is -0.900. The molecule has 0 spiro atoms. The second-order valence-electron chi connectivity index (χ2n) is 5.16. The number of cyclic esters (lactones) is 1. The molecular formula is C13H22O4. The summed E-state index contributed by atoms with van der Waals surface area (Å²) in [5.74, 6) is 0.142. The fourth-order valence-electron chi connectivity index (χ4n) is 1.87. The van der Waals surface area contributed by atoms with Crippen molar-refractivity contribution in [3.8, 4) is 0 Å². The van der Waals surface area contributed by atoms with Crippen molar-refractivity contribution in [2.45, 2.75) is 46.1 Å². The van der Waals surface area contributed by atoms with Gasteiger partial charge in [0.25, 0.3) is 0 Å². The van der Waals surface area contributed by atoms with Crippen LogP contribution in [0.15, 0.2) is 0 Å². The first-order valence-electron chi connectivity index (χ1n) is 6.26. The molecule has 2 atom stereocenters. The number of carbonyl (C=O) groups is 2. The summed E-state index contributed by atoms with van der Waals surface area (Å²) < 4.78 is 10.6. The third-order valence-electron chi connectivity index (χ3n) is 2.84. The fourth-order valence-corrected chi connectivity index (χ4v) is 1.87. The molecule has 2 unspecified atom stereocenters. The standard InChI is InChI=1S/C13H22O4/c1-9(2)4-5-16-8-12-7-11(6-10(3)14)13(15)17-12/h9,11-12H,4-8H2,1-3H3. The Morgan fingerprint density at radius 2 is 2.24 bits per heavy atom. The molecule has 98 valence electrons. The van der Waals surface area contributed by atoms with Gasteiger partial charge in [-0.15, -0.1) is 0 Å². The van der Waals surface area contributed by atoms with Crippen molar-refractivity contribution in [1.29, 1.82) is 0 Å². The molecule has 1 aliphatic heterocycles. The minimum Gasteiger partial charge on any atom is -0.460 e. The molecule has 17 heavy (non-hydrogen) atoms. The van der Waals surface area contributed by atoms with Crippen LogP contribution in [0.3, 0.4) is 0 Å². The maximum Gasteiger partial charge on any atom is 0.309 e. The number of ketones is 1. The summed E-state index contributed by atoms with van der Waals surface area (Å²) in [5, 5.41) is 0. The first-order chi connectivity index (χ1) is 7.99. The van der Waals surface area contributed by atoms with Crippen LogP contribution in [0.5, 0.6) is 0 Å². The second kappa shape index (κ2) is 6.74. The maximum atomic E-state index is 11.4. The van der Waals surface area contributed by atoms with Gasteiger partial charge in [-0.3, -0.25) is 4.79 Å². The lowest BCUT2D eigenvalue weighted by molar-refractivity contribution is -0.147. The van der Waals surface area contributed by atoms with Crippen molar-refractivity contribution in [2.75, 3.05) is 13.2 Å². The lowest BCUT2D eigenvalue weighted by Crippen LogP contribution is -2.16. The van der Waals surface area contributed by atoms with E-state index in [1.807, 2.05) is 0 Å². The van der Waals surface area contributed by atoms with Gasteiger partial charge < -0.3 is 14.3 Å². The number of ether oxygens (including phenoxy) is 2. The second-order valence-corrected chi connectivity index (χ2v) is 5.16. The van der Waals surface area contributed by atoms with Gasteiger partial charge in [-0.05, 0) is 19.3 Å². The number of carbonyl (C=O) groups excluding carboxylic acids is 2. The number of Topliss-reactive ketones (excluding diaryl/α,β-unsaturated/α-hetero) is 1. The fraction of sp³-hybridized carbons (Fsp3) is 0.846. The molecule has 0 radical (unpaired) electrons. The van der Waals surface area contributed by atoms with Gasteiger partial charge in [-0.25, -0.2) is 0 Å². The number of hydrogen-bond donors (Lipinski definition) is 0. The van der Waals surface area contributed by atoms with E-state index in [1.54, 1.807) is 0 Å². The van der Waals surface area contributed by atoms with Crippen molar-refractivity contribution in [3.63, 3.8) is 0 Å². The predicted octanol–water partition coefficient (Wildman–Crippen LogP) is 1.96. The quantitative estimate of drug-likeness (QED) is 0.506. The lowest BCUT2D eigenvalue weighted by atomic mass is 9.99. The van der Waals surface area contributed by atoms with E-state index >= 15 is 0 Å². The van der Waals surface area contributed by atoms with Gasteiger partial charge >= 0.3 is 5.97 Å². The highest BCUT2D eigenvalue weighted by molar-refractivity contribution is 5.83. The monoisotopic (exact) mass is 242 g/mol. The van der Waals surface area contributed by atoms with Crippen molar-refractivity contribution in [2.24, 2.45) is 11.8 Å². The summed E-state index contributed by atoms with van der Waals surface area (Å²) >= 11 is 0. The lowest BCUT2D eigenvalue weighted by Gasteiger charge is -2.10. The van der Waals surface area contributed by atoms with Gasteiger partial charge in [-0.1, -0.05) is 13.8 Å². The minimum absolute atomic E-state index is 0.0355. The minimum atomic E-state index is -0.258. The molecule has 1 aliphatic rings. The highest BCUT2D eigenvalue weighted by Crippen LogP contribution is 2.24. The van der Waals surface area contributed by atoms with Crippen LogP contribution in [0.1, 0.15) is 40.0 Å². The number of esters is 1. The largest absolute Gasteiger partial charge is 0.460 e. The predicted molar refractivity (Wildman–Crippen MR) is 63.6 cm³/mol. The van der Waals surface area contributed by atoms with Gasteiger partial charge in [0.05, 0.1) is 12.5 Å². The molecule has 4 heteroatoms. The molecule has 0 aromatic rings. The topological polar surface area (TPSA) is 52.6 Å². The number of hydrogen-bond acceptors (Lipinski definition) is 4. The Morgan fingerprint density at radius 3 is 2.82 bits per heavy atom. The van der Waals surface area contributed by atoms with Gasteiger partial charge in [0, 0.05) is 19.4 Å². The summed E-state index contributed by atoms with van der Waals surface area (Å²) in [6.07, 6.45) is 1.75. The summed E-state index contributed by atoms with van der Waals surface area (Å²) in [6, 6.07) is 0. The molecule has 0 N–H and O–H groups in total. The summed E-state index contributed by atoms with van der Waals surface area (Å²) in [7, 11) is 0. The van der Waals surface area contributed by atoms with Crippen LogP contribution >= 0.6 is 0 Å². The molecule has 0 aromatic carbocycles. The first kappa shape index (κ1) is 14.2. The van der Waals surface area contributed by atoms with Crippen molar-refractivity contribution >= 4 is 11.8 Å². The summed E-state index contributed by atoms with van der Waals surface area (Å²) in [5.41, 5.74) is 0. The van der Waals surface area contributed by atoms with Gasteiger partial charge in [0.1, 0.15) is 11.9 Å². The van der Waals surface area contributed by atoms with Crippen LogP contribution in [0.25, 0.3) is 0 Å². The first-order valence-corrected chi connectivity index (χ1v) is 6.26. The van der Waals surface area contributed by atoms with Gasteiger partial charge in [0.2, 0.25) is 0 Å². The van der Waals surface area contributed by atoms with Crippen molar-refractivity contribution < 1.29 is 19.1 Å². The zero-order valence-corrected chi connectivity index (χ0v) is 10.9. The number of rotatable bonds is 7. The Bertz CT molecular complexity index is 273. The molecule has 0 amide bonds. The molecule has 1 heterocycles. The third-order valence-corrected chi connectivity index (χ3v) is 2.84. The van der Waals surface area contributed by atoms with E-state index in [0.717, 1.165) is 6.42 Å². The molecule has 4 nitrogen and oxygen atoms in total. The summed E-state index contributed by atoms with van der Waals surface area (Å²) in [6.45, 7) is 6.93. The van der Waals surface area contributed by atoms with E-state index in [-0.39, 0.29) is 23.8 Å². The van der Waals surface area contributed by atoms with E-state index in [0.29, 0.717) is 32.0 Å². The Balaban J connectivity index is 2.20. The normalized spacial score (nSPS) is 24.1. The highest BCUT2D eigenvalue weighted by atomic mass is 16.6. The molecule has 0 aliphatic carbocycles. The molecular weight excluding hydrogens is 220 g/mol. The maximum absolute atomic E-state index is 11.4. The van der Waals surface area contributed by atoms with E-state index < -0.39 is 0 Å². The van der Waals surface area contributed by atoms with E-state index in [4.69, 9.17) is 9.47 Å². The SMILES string of the molecule is CC(=O)CC1CC(COCCC(C)C)OC1=O. The van der Waals surface area contributed by atoms with Gasteiger partial charge in [0.15, 0.2) is 0 Å². The van der Waals surface area contributed by atoms with Crippen LogP contribution < -0.4 is 0 Å². The zero-order valence-electron chi connectivity index (χ0n) is 10.9. The third kappa shape index (κ3) is 5.31. The van der Waals surface area contributed by atoms with Crippen LogP contribution in [-0.2, 0) is 19.1 Å². The molecule has 1 fully saturated rings. The molecule has 1 rings (SSSR count). The highest BCUT2D eigenvalue weighted by Gasteiger charge is 2.34.